The zero-order chi connectivity index (χ0) is 25.8. The van der Waals surface area contributed by atoms with Gasteiger partial charge in [-0.05, 0) is 60.2 Å². The molecule has 0 saturated carbocycles. The van der Waals surface area contributed by atoms with Crippen LogP contribution in [0.25, 0.3) is 0 Å². The number of fused-ring (bicyclic) bond motifs is 3. The minimum absolute atomic E-state index is 0.1000. The molecule has 0 radical (unpaired) electrons. The summed E-state index contributed by atoms with van der Waals surface area (Å²) in [5.74, 6) is 0.283. The van der Waals surface area contributed by atoms with E-state index in [0.717, 1.165) is 30.5 Å². The van der Waals surface area contributed by atoms with Crippen molar-refractivity contribution in [1.82, 2.24) is 10.2 Å². The van der Waals surface area contributed by atoms with Crippen molar-refractivity contribution in [1.29, 1.82) is 0 Å². The van der Waals surface area contributed by atoms with Crippen molar-refractivity contribution in [2.45, 2.75) is 25.1 Å². The van der Waals surface area contributed by atoms with Gasteiger partial charge in [0.2, 0.25) is 5.91 Å². The Kier molecular flexibility index (Phi) is 7.71. The second-order valence-electron chi connectivity index (χ2n) is 9.50. The molecule has 196 valence electrons. The normalized spacial score (nSPS) is 19.7. The lowest BCUT2D eigenvalue weighted by molar-refractivity contribution is -0.137. The molecule has 1 aromatic heterocycles. The second-order valence-corrected chi connectivity index (χ2v) is 10.5. The van der Waals surface area contributed by atoms with Crippen molar-refractivity contribution in [2.75, 3.05) is 44.2 Å². The SMILES string of the molecule is O=C(NCCc1cccs1)[C@H]1Cc2cc(C(F)(F)F)ccc2N2CCN(CCOc3ccccc3)C[C@@H]12. The molecule has 37 heavy (non-hydrogen) atoms. The summed E-state index contributed by atoms with van der Waals surface area (Å²) in [5.41, 5.74) is 0.726. The van der Waals surface area contributed by atoms with E-state index in [1.165, 1.54) is 10.9 Å². The molecular weight excluding hydrogens is 499 g/mol. The van der Waals surface area contributed by atoms with Crippen molar-refractivity contribution in [2.24, 2.45) is 5.92 Å². The van der Waals surface area contributed by atoms with Crippen LogP contribution in [0, 0.1) is 5.92 Å². The van der Waals surface area contributed by atoms with E-state index >= 15 is 0 Å². The number of alkyl halides is 3. The maximum absolute atomic E-state index is 13.4. The molecule has 3 aromatic rings. The predicted molar refractivity (Wildman–Crippen MR) is 139 cm³/mol. The number of thiophene rings is 1. The highest BCUT2D eigenvalue weighted by atomic mass is 32.1. The van der Waals surface area contributed by atoms with E-state index in [1.54, 1.807) is 17.4 Å². The number of carbonyl (C=O) groups is 1. The Morgan fingerprint density at radius 2 is 1.92 bits per heavy atom. The van der Waals surface area contributed by atoms with Crippen LogP contribution in [0.1, 0.15) is 16.0 Å². The minimum Gasteiger partial charge on any atom is -0.492 e. The number of rotatable bonds is 8. The Bertz CT molecular complexity index is 1190. The average molecular weight is 530 g/mol. The standard InChI is InChI=1S/C28H30F3N3O2S/c29-28(30,31)21-8-9-25-20(17-21)18-24(27(35)32-11-10-23-7-4-16-37-23)26-19-33(12-13-34(25)26)14-15-36-22-5-2-1-3-6-22/h1-9,16-17,24,26H,10-15,18-19H2,(H,32,35)/t24-,26-/m0/s1. The number of piperazine rings is 1. The fraction of sp³-hybridized carbons (Fsp3) is 0.393. The fourth-order valence-electron chi connectivity index (χ4n) is 5.27. The average Bonchev–Trinajstić information content (AvgIpc) is 3.41. The number of carbonyl (C=O) groups excluding carboxylic acids is 1. The van der Waals surface area contributed by atoms with Crippen LogP contribution in [0.3, 0.4) is 0 Å². The zero-order valence-electron chi connectivity index (χ0n) is 20.4. The van der Waals surface area contributed by atoms with Crippen LogP contribution >= 0.6 is 11.3 Å². The largest absolute Gasteiger partial charge is 0.492 e. The van der Waals surface area contributed by atoms with E-state index in [4.69, 9.17) is 4.74 Å². The third kappa shape index (κ3) is 6.10. The number of anilines is 1. The van der Waals surface area contributed by atoms with Crippen LogP contribution in [-0.2, 0) is 23.8 Å². The van der Waals surface area contributed by atoms with Gasteiger partial charge in [0.15, 0.2) is 0 Å². The molecule has 0 spiro atoms. The highest BCUT2D eigenvalue weighted by Gasteiger charge is 2.42. The van der Waals surface area contributed by atoms with Gasteiger partial charge in [0.05, 0.1) is 17.5 Å². The Hall–Kier alpha value is -3.04. The maximum atomic E-state index is 13.4. The van der Waals surface area contributed by atoms with Crippen molar-refractivity contribution < 1.29 is 22.7 Å². The first-order valence-electron chi connectivity index (χ1n) is 12.6. The van der Waals surface area contributed by atoms with Crippen LogP contribution < -0.4 is 15.0 Å². The predicted octanol–water partition coefficient (Wildman–Crippen LogP) is 4.87. The van der Waals surface area contributed by atoms with E-state index in [0.29, 0.717) is 44.8 Å². The number of benzene rings is 2. The van der Waals surface area contributed by atoms with Crippen LogP contribution in [-0.4, -0.2) is 56.2 Å². The van der Waals surface area contributed by atoms with Gasteiger partial charge in [-0.3, -0.25) is 9.69 Å². The van der Waals surface area contributed by atoms with Crippen LogP contribution in [0.2, 0.25) is 0 Å². The van der Waals surface area contributed by atoms with E-state index in [-0.39, 0.29) is 11.9 Å². The molecule has 3 heterocycles. The molecule has 0 unspecified atom stereocenters. The van der Waals surface area contributed by atoms with Gasteiger partial charge in [0.1, 0.15) is 12.4 Å². The first-order chi connectivity index (χ1) is 17.9. The Labute approximate surface area is 218 Å². The van der Waals surface area contributed by atoms with Crippen molar-refractivity contribution in [3.05, 3.63) is 82.0 Å². The van der Waals surface area contributed by atoms with Gasteiger partial charge >= 0.3 is 6.18 Å². The molecule has 2 aliphatic heterocycles. The molecule has 5 nitrogen and oxygen atoms in total. The van der Waals surface area contributed by atoms with Gasteiger partial charge in [0.25, 0.3) is 0 Å². The molecule has 2 aromatic carbocycles. The van der Waals surface area contributed by atoms with Gasteiger partial charge in [0, 0.05) is 43.3 Å². The second kappa shape index (κ2) is 11.1. The molecular formula is C28H30F3N3O2S. The van der Waals surface area contributed by atoms with Gasteiger partial charge in [-0.2, -0.15) is 13.2 Å². The lowest BCUT2D eigenvalue weighted by Crippen LogP contribution is -2.61. The highest BCUT2D eigenvalue weighted by molar-refractivity contribution is 7.09. The Balaban J connectivity index is 1.30. The number of nitrogens with zero attached hydrogens (tertiary/aromatic N) is 2. The molecule has 1 fully saturated rings. The van der Waals surface area contributed by atoms with Gasteiger partial charge in [-0.15, -0.1) is 11.3 Å². The summed E-state index contributed by atoms with van der Waals surface area (Å²) >= 11 is 1.64. The number of hydrogen-bond acceptors (Lipinski definition) is 5. The maximum Gasteiger partial charge on any atom is 0.416 e. The Morgan fingerprint density at radius 3 is 2.68 bits per heavy atom. The number of halogens is 3. The van der Waals surface area contributed by atoms with Crippen LogP contribution in [0.4, 0.5) is 18.9 Å². The molecule has 2 aliphatic rings. The van der Waals surface area contributed by atoms with Crippen molar-refractivity contribution >= 4 is 22.9 Å². The zero-order valence-corrected chi connectivity index (χ0v) is 21.2. The van der Waals surface area contributed by atoms with Gasteiger partial charge < -0.3 is 15.0 Å². The summed E-state index contributed by atoms with van der Waals surface area (Å²) in [4.78, 5) is 19.0. The van der Waals surface area contributed by atoms with Crippen LogP contribution in [0.15, 0.2) is 66.0 Å². The third-order valence-electron chi connectivity index (χ3n) is 7.13. The number of amides is 1. The van der Waals surface area contributed by atoms with Gasteiger partial charge in [-0.1, -0.05) is 24.3 Å². The quantitative estimate of drug-likeness (QED) is 0.453. The number of ether oxygens (including phenoxy) is 1. The summed E-state index contributed by atoms with van der Waals surface area (Å²) in [5, 5.41) is 5.06. The highest BCUT2D eigenvalue weighted by Crippen LogP contribution is 2.39. The fourth-order valence-corrected chi connectivity index (χ4v) is 5.98. The molecule has 1 N–H and O–H groups in total. The smallest absolute Gasteiger partial charge is 0.416 e. The summed E-state index contributed by atoms with van der Waals surface area (Å²) in [6.45, 7) is 3.80. The van der Waals surface area contributed by atoms with Crippen LogP contribution in [0.5, 0.6) is 5.75 Å². The van der Waals surface area contributed by atoms with E-state index in [1.807, 2.05) is 47.8 Å². The molecule has 9 heteroatoms. The van der Waals surface area contributed by atoms with Crippen molar-refractivity contribution in [3.8, 4) is 5.75 Å². The lowest BCUT2D eigenvalue weighted by Gasteiger charge is -2.49. The Morgan fingerprint density at radius 1 is 1.08 bits per heavy atom. The molecule has 0 aliphatic carbocycles. The first-order valence-corrected chi connectivity index (χ1v) is 13.4. The first kappa shape index (κ1) is 25.6. The van der Waals surface area contributed by atoms with Crippen molar-refractivity contribution in [3.63, 3.8) is 0 Å². The number of hydrogen-bond donors (Lipinski definition) is 1. The van der Waals surface area contributed by atoms with E-state index in [9.17, 15) is 18.0 Å². The topological polar surface area (TPSA) is 44.8 Å². The van der Waals surface area contributed by atoms with E-state index in [2.05, 4.69) is 15.1 Å². The summed E-state index contributed by atoms with van der Waals surface area (Å²) in [7, 11) is 0. The molecule has 1 saturated heterocycles. The molecule has 5 rings (SSSR count). The lowest BCUT2D eigenvalue weighted by atomic mass is 9.82. The third-order valence-corrected chi connectivity index (χ3v) is 8.07. The summed E-state index contributed by atoms with van der Waals surface area (Å²) < 4.78 is 46.2. The monoisotopic (exact) mass is 529 g/mol. The molecule has 1 amide bonds. The summed E-state index contributed by atoms with van der Waals surface area (Å²) in [6, 6.07) is 17.5. The minimum atomic E-state index is -4.41. The molecule has 0 bridgehead atoms. The number of para-hydroxylation sites is 1. The van der Waals surface area contributed by atoms with Gasteiger partial charge in [-0.25, -0.2) is 0 Å². The number of nitrogens with one attached hydrogen (secondary N) is 1. The van der Waals surface area contributed by atoms with E-state index < -0.39 is 17.7 Å². The summed E-state index contributed by atoms with van der Waals surface area (Å²) in [6.07, 6.45) is -3.39. The molecule has 2 atom stereocenters.